The summed E-state index contributed by atoms with van der Waals surface area (Å²) in [5.74, 6) is -1.34. The van der Waals surface area contributed by atoms with Gasteiger partial charge in [-0.1, -0.05) is 13.2 Å². The van der Waals surface area contributed by atoms with Gasteiger partial charge in [0.05, 0.1) is 21.3 Å². The molecule has 4 fully saturated rings. The Bertz CT molecular complexity index is 1290. The van der Waals surface area contributed by atoms with Crippen molar-refractivity contribution >= 4 is 28.0 Å². The summed E-state index contributed by atoms with van der Waals surface area (Å²) in [6, 6.07) is -0.177. The number of nitrogens with zero attached hydrogens (tertiary/aromatic N) is 3. The van der Waals surface area contributed by atoms with Crippen LogP contribution in [0.2, 0.25) is 0 Å². The van der Waals surface area contributed by atoms with E-state index in [0.717, 1.165) is 12.8 Å². The highest BCUT2D eigenvalue weighted by Crippen LogP contribution is 2.43. The lowest BCUT2D eigenvalue weighted by atomic mass is 9.94. The summed E-state index contributed by atoms with van der Waals surface area (Å²) in [5.41, 5.74) is -3.57. The van der Waals surface area contributed by atoms with Gasteiger partial charge in [-0.15, -0.1) is 0 Å². The molecular weight excluding hydrogens is 672 g/mol. The average molecular weight is 713 g/mol. The number of hydrogen-bond acceptors (Lipinski definition) is 6. The van der Waals surface area contributed by atoms with E-state index in [1.165, 1.54) is 0 Å². The van der Waals surface area contributed by atoms with Gasteiger partial charge < -0.3 is 25.0 Å². The lowest BCUT2D eigenvalue weighted by Crippen LogP contribution is -2.54. The summed E-state index contributed by atoms with van der Waals surface area (Å²) in [6.45, 7) is 13.8. The number of alkyl halides is 3. The van der Waals surface area contributed by atoms with Crippen LogP contribution in [-0.4, -0.2) is 90.1 Å². The molecule has 0 saturated carbocycles. The molecule has 4 aliphatic heterocycles. The first-order valence-corrected chi connectivity index (χ1v) is 15.6. The molecule has 0 aromatic rings. The van der Waals surface area contributed by atoms with E-state index in [1.807, 2.05) is 25.7 Å². The minimum atomic E-state index is -4.87. The molecule has 2 bridgehead atoms. The van der Waals surface area contributed by atoms with Crippen molar-refractivity contribution in [3.05, 3.63) is 46.4 Å². The molecule has 3 atom stereocenters. The number of fused-ring (bicyclic) bond motifs is 3. The van der Waals surface area contributed by atoms with Crippen LogP contribution in [0.3, 0.4) is 0 Å². The Morgan fingerprint density at radius 3 is 2.58 bits per heavy atom. The van der Waals surface area contributed by atoms with E-state index in [0.29, 0.717) is 38.9 Å². The zero-order valence-electron chi connectivity index (χ0n) is 25.7. The van der Waals surface area contributed by atoms with Gasteiger partial charge in [-0.05, 0) is 81.8 Å². The van der Waals surface area contributed by atoms with Crippen LogP contribution in [0.15, 0.2) is 51.4 Å². The smallest absolute Gasteiger partial charge is 0.417 e. The number of allylic oxidation sites excluding steroid dienone is 3. The molecule has 8 nitrogen and oxygen atoms in total. The number of hydrogen-bond donors (Lipinski definition) is 2. The van der Waals surface area contributed by atoms with Crippen molar-refractivity contribution in [3.8, 4) is 0 Å². The number of halogens is 7. The quantitative estimate of drug-likeness (QED) is 0.0915. The Morgan fingerprint density at radius 1 is 1.22 bits per heavy atom. The molecule has 0 aromatic carbocycles. The molecule has 4 heterocycles. The molecule has 4 saturated heterocycles. The van der Waals surface area contributed by atoms with E-state index in [4.69, 9.17) is 9.47 Å². The summed E-state index contributed by atoms with van der Waals surface area (Å²) in [5, 5.41) is 6.04. The second-order valence-corrected chi connectivity index (χ2v) is 14.0. The van der Waals surface area contributed by atoms with Crippen LogP contribution in [0, 0.1) is 0 Å². The molecule has 0 aliphatic carbocycles. The third kappa shape index (κ3) is 8.26. The van der Waals surface area contributed by atoms with Gasteiger partial charge in [-0.2, -0.15) is 22.0 Å². The largest absolute Gasteiger partial charge is 0.463 e. The van der Waals surface area contributed by atoms with Crippen LogP contribution in [0.5, 0.6) is 0 Å². The second-order valence-electron chi connectivity index (χ2n) is 13.2. The van der Waals surface area contributed by atoms with E-state index >= 15 is 0 Å². The molecule has 45 heavy (non-hydrogen) atoms. The predicted octanol–water partition coefficient (Wildman–Crippen LogP) is 6.68. The number of piperazine rings is 1. The van der Waals surface area contributed by atoms with E-state index < -0.39 is 45.0 Å². The molecule has 4 rings (SSSR count). The minimum absolute atomic E-state index is 0.0139. The van der Waals surface area contributed by atoms with Crippen molar-refractivity contribution in [1.29, 1.82) is 0 Å². The molecule has 15 heteroatoms. The van der Waals surface area contributed by atoms with Gasteiger partial charge in [-0.3, -0.25) is 4.90 Å². The lowest BCUT2D eigenvalue weighted by Gasteiger charge is -2.34. The molecule has 4 aliphatic rings. The zero-order chi connectivity index (χ0) is 33.4. The van der Waals surface area contributed by atoms with Crippen LogP contribution in [0.4, 0.5) is 31.1 Å². The van der Waals surface area contributed by atoms with E-state index in [9.17, 15) is 31.1 Å². The number of nitrogens with one attached hydrogen (secondary N) is 2. The van der Waals surface area contributed by atoms with Gasteiger partial charge in [-0.25, -0.2) is 14.2 Å². The number of aliphatic imine (C=N–C) groups is 1. The highest BCUT2D eigenvalue weighted by Gasteiger charge is 2.51. The van der Waals surface area contributed by atoms with Crippen molar-refractivity contribution < 1.29 is 40.6 Å². The molecule has 252 valence electrons. The summed E-state index contributed by atoms with van der Waals surface area (Å²) >= 11 is 2.61. The van der Waals surface area contributed by atoms with Crippen LogP contribution in [0.1, 0.15) is 59.3 Å². The molecule has 0 aromatic heterocycles. The maximum absolute atomic E-state index is 15.0. The van der Waals surface area contributed by atoms with Gasteiger partial charge in [0.25, 0.3) is 12.1 Å². The van der Waals surface area contributed by atoms with Crippen LogP contribution in [-0.2, 0) is 9.47 Å². The number of ether oxygens (including phenoxy) is 2. The van der Waals surface area contributed by atoms with Gasteiger partial charge in [0.1, 0.15) is 12.2 Å². The Hall–Kier alpha value is -2.52. The van der Waals surface area contributed by atoms with Crippen molar-refractivity contribution in [3.63, 3.8) is 0 Å². The van der Waals surface area contributed by atoms with Crippen molar-refractivity contribution in [2.24, 2.45) is 4.99 Å². The minimum Gasteiger partial charge on any atom is -0.463 e. The average Bonchev–Trinajstić information content (AvgIpc) is 3.70. The van der Waals surface area contributed by atoms with Crippen molar-refractivity contribution in [2.45, 2.75) is 88.2 Å². The predicted molar refractivity (Wildman–Crippen MR) is 161 cm³/mol. The first-order chi connectivity index (χ1) is 20.8. The highest BCUT2D eigenvalue weighted by atomic mass is 79.9. The van der Waals surface area contributed by atoms with Gasteiger partial charge in [0, 0.05) is 43.3 Å². The van der Waals surface area contributed by atoms with E-state index in [1.54, 1.807) is 4.90 Å². The molecule has 2 N–H and O–H groups in total. The number of amidine groups is 1. The van der Waals surface area contributed by atoms with Crippen LogP contribution >= 0.6 is 15.9 Å². The van der Waals surface area contributed by atoms with Gasteiger partial charge in [0.15, 0.2) is 5.83 Å². The molecule has 1 unspecified atom stereocenters. The Morgan fingerprint density at radius 2 is 1.93 bits per heavy atom. The van der Waals surface area contributed by atoms with Crippen molar-refractivity contribution in [2.75, 3.05) is 39.3 Å². The third-order valence-electron chi connectivity index (χ3n) is 8.68. The van der Waals surface area contributed by atoms with E-state index in [2.05, 4.69) is 44.7 Å². The van der Waals surface area contributed by atoms with Crippen LogP contribution in [0.25, 0.3) is 0 Å². The second kappa shape index (κ2) is 13.3. The fourth-order valence-corrected chi connectivity index (χ4v) is 6.95. The molecule has 1 amide bonds. The maximum atomic E-state index is 15.0. The van der Waals surface area contributed by atoms with Gasteiger partial charge in [0.2, 0.25) is 0 Å². The topological polar surface area (TPSA) is 78.4 Å². The number of rotatable bonds is 9. The normalized spacial score (nSPS) is 27.4. The number of carbonyl (C=O) groups excluding carboxylic acids is 1. The van der Waals surface area contributed by atoms with Crippen LogP contribution < -0.4 is 10.6 Å². The monoisotopic (exact) mass is 711 g/mol. The first kappa shape index (κ1) is 35.3. The van der Waals surface area contributed by atoms with E-state index in [-0.39, 0.29) is 55.4 Å². The summed E-state index contributed by atoms with van der Waals surface area (Å²) in [4.78, 5) is 20.8. The number of carbonyl (C=O) groups is 1. The molecule has 0 spiro atoms. The summed E-state index contributed by atoms with van der Waals surface area (Å²) < 4.78 is 91.7. The zero-order valence-corrected chi connectivity index (χ0v) is 27.3. The number of likely N-dealkylation sites (tertiary alicyclic amines) is 1. The Kier molecular flexibility index (Phi) is 10.4. The molecule has 0 radical (unpaired) electrons. The SMILES string of the molecule is C=C(NC(=NCCC[C@]12C[C@H](CN1)N(C(=O)OC(C)(C)C)C2)OCC12CCCN1CC(=C(F)F)C2)/C(F)=C(/Br)C(=C)C(F)(F)F. The third-order valence-corrected chi connectivity index (χ3v) is 9.51. The number of amides is 1. The molecular formula is C30H40BrF6N5O3. The fraction of sp³-hybridized carbons (Fsp3) is 0.667. The Balaban J connectivity index is 1.44. The summed E-state index contributed by atoms with van der Waals surface area (Å²) in [6.07, 6.45) is -3.52. The van der Waals surface area contributed by atoms with Gasteiger partial charge >= 0.3 is 12.3 Å². The summed E-state index contributed by atoms with van der Waals surface area (Å²) in [7, 11) is 0. The highest BCUT2D eigenvalue weighted by molar-refractivity contribution is 9.12. The van der Waals surface area contributed by atoms with Crippen molar-refractivity contribution in [1.82, 2.24) is 20.4 Å². The first-order valence-electron chi connectivity index (χ1n) is 14.8. The fourth-order valence-electron chi connectivity index (χ4n) is 6.49. The standard InChI is InChI=1S/C30H40BrF6N5O3/c1-18(30(35,36)37)22(31)23(32)19(2)40-25(44-17-29-9-7-11-41(29)15-20(12-29)24(33)34)38-10-6-8-28-13-21(14-39-28)42(16-28)26(43)45-27(3,4)5/h21,39H,1-2,6-17H2,3-5H3,(H,38,40)/b23-22-/t21-,28-,29?/m1/s1. The lowest BCUT2D eigenvalue weighted by molar-refractivity contribution is -0.0882. The Labute approximate surface area is 267 Å². The maximum Gasteiger partial charge on any atom is 0.417 e.